The summed E-state index contributed by atoms with van der Waals surface area (Å²) in [6, 6.07) is 46.1. The molecule has 0 saturated carbocycles. The number of nitrogens with zero attached hydrogens (tertiary/aromatic N) is 1. The maximum absolute atomic E-state index is 12.8. The molecule has 7 aromatic carbocycles. The Morgan fingerprint density at radius 2 is 0.806 bits per heavy atom. The van der Waals surface area contributed by atoms with Gasteiger partial charge in [-0.2, -0.15) is 0 Å². The number of halogens is 9. The molecular formula is C52H41F9N2O9. The van der Waals surface area contributed by atoms with E-state index in [0.29, 0.717) is 44.9 Å². The van der Waals surface area contributed by atoms with Crippen LogP contribution in [0.15, 0.2) is 182 Å². The first-order valence-corrected chi connectivity index (χ1v) is 21.3. The number of carboxylic acids is 2. The van der Waals surface area contributed by atoms with Gasteiger partial charge in [-0.15, -0.1) is 39.5 Å². The fourth-order valence-electron chi connectivity index (χ4n) is 6.85. The number of benzene rings is 7. The first kappa shape index (κ1) is 52.8. The highest BCUT2D eigenvalue weighted by atomic mass is 19.4. The lowest BCUT2D eigenvalue weighted by atomic mass is 10.1. The second-order valence-electron chi connectivity index (χ2n) is 15.3. The highest BCUT2D eigenvalue weighted by Gasteiger charge is 2.33. The van der Waals surface area contributed by atoms with E-state index in [0.717, 1.165) is 12.1 Å². The number of hydrogen-bond donors (Lipinski definition) is 3. The second-order valence-corrected chi connectivity index (χ2v) is 15.3. The van der Waals surface area contributed by atoms with Gasteiger partial charge in [-0.05, 0) is 102 Å². The van der Waals surface area contributed by atoms with Gasteiger partial charge in [-0.1, -0.05) is 97.1 Å². The number of ether oxygens (including phenoxy) is 5. The Morgan fingerprint density at radius 1 is 0.444 bits per heavy atom. The lowest BCUT2D eigenvalue weighted by Gasteiger charge is -2.26. The quantitative estimate of drug-likeness (QED) is 0.0668. The summed E-state index contributed by atoms with van der Waals surface area (Å²) in [5, 5.41) is 22.2. The fraction of sp³-hybridized carbons (Fsp3) is 0.154. The molecular weight excluding hydrogens is 968 g/mol. The Bertz CT molecular complexity index is 2770. The van der Waals surface area contributed by atoms with Crippen LogP contribution < -0.4 is 33.9 Å². The predicted molar refractivity (Wildman–Crippen MR) is 244 cm³/mol. The number of carboxylic acid groups (broad SMARTS) is 2. The Kier molecular flexibility index (Phi) is 17.5. The summed E-state index contributed by atoms with van der Waals surface area (Å²) in [4.78, 5) is 25.1. The molecule has 7 rings (SSSR count). The molecule has 376 valence electrons. The SMILES string of the molecule is O=C(O)[C@@H](Oc1ccc(N(Cc2cccc(OC(F)(F)F)c2)Cc2cccc(OC(F)(F)F)c2)cc1)c1ccccc1.O=C(O)[C@@H](Oc1ccc(NCc2cccc(OC(F)(F)F)c2)cc1)c1ccccc1. The van der Waals surface area contributed by atoms with Gasteiger partial charge >= 0.3 is 31.0 Å². The Labute approximate surface area is 405 Å². The van der Waals surface area contributed by atoms with E-state index in [1.807, 2.05) is 0 Å². The summed E-state index contributed by atoms with van der Waals surface area (Å²) in [6.07, 6.45) is -16.9. The molecule has 0 aliphatic rings. The molecule has 0 radical (unpaired) electrons. The molecule has 0 heterocycles. The van der Waals surface area contributed by atoms with E-state index in [1.165, 1.54) is 54.6 Å². The second kappa shape index (κ2) is 23.8. The van der Waals surface area contributed by atoms with Gasteiger partial charge in [0.05, 0.1) is 0 Å². The van der Waals surface area contributed by atoms with Crippen LogP contribution in [0.25, 0.3) is 0 Å². The van der Waals surface area contributed by atoms with Gasteiger partial charge in [0, 0.05) is 42.1 Å². The zero-order valence-corrected chi connectivity index (χ0v) is 37.2. The fourth-order valence-corrected chi connectivity index (χ4v) is 6.85. The van der Waals surface area contributed by atoms with E-state index < -0.39 is 54.7 Å². The Balaban J connectivity index is 0.000000249. The van der Waals surface area contributed by atoms with Crippen molar-refractivity contribution in [2.45, 2.75) is 50.9 Å². The summed E-state index contributed by atoms with van der Waals surface area (Å²) in [6.45, 7) is 0.361. The minimum atomic E-state index is -4.89. The zero-order valence-electron chi connectivity index (χ0n) is 37.2. The number of hydrogen-bond acceptors (Lipinski definition) is 9. The van der Waals surface area contributed by atoms with Crippen molar-refractivity contribution in [1.82, 2.24) is 0 Å². The van der Waals surface area contributed by atoms with Crippen LogP contribution in [0, 0.1) is 0 Å². The topological polar surface area (TPSA) is 136 Å². The van der Waals surface area contributed by atoms with Crippen LogP contribution in [0.4, 0.5) is 50.9 Å². The number of aliphatic carboxylic acids is 2. The zero-order chi connectivity index (χ0) is 51.9. The van der Waals surface area contributed by atoms with Crippen LogP contribution in [0.2, 0.25) is 0 Å². The van der Waals surface area contributed by atoms with Gasteiger partial charge in [-0.25, -0.2) is 9.59 Å². The minimum Gasteiger partial charge on any atom is -0.478 e. The van der Waals surface area contributed by atoms with Gasteiger partial charge in [0.1, 0.15) is 28.7 Å². The van der Waals surface area contributed by atoms with Gasteiger partial charge < -0.3 is 44.1 Å². The van der Waals surface area contributed by atoms with Crippen LogP contribution in [0.5, 0.6) is 28.7 Å². The first-order chi connectivity index (χ1) is 34.1. The van der Waals surface area contributed by atoms with E-state index >= 15 is 0 Å². The Morgan fingerprint density at radius 3 is 1.18 bits per heavy atom. The van der Waals surface area contributed by atoms with Crippen LogP contribution >= 0.6 is 0 Å². The predicted octanol–water partition coefficient (Wildman–Crippen LogP) is 13.3. The van der Waals surface area contributed by atoms with E-state index in [2.05, 4.69) is 19.5 Å². The molecule has 0 spiro atoms. The van der Waals surface area contributed by atoms with Crippen LogP contribution in [-0.4, -0.2) is 41.2 Å². The van der Waals surface area contributed by atoms with Crippen LogP contribution in [-0.2, 0) is 29.2 Å². The van der Waals surface area contributed by atoms with E-state index in [9.17, 15) is 59.3 Å². The summed E-state index contributed by atoms with van der Waals surface area (Å²) in [5.74, 6) is -2.84. The van der Waals surface area contributed by atoms with Crippen molar-refractivity contribution in [3.63, 3.8) is 0 Å². The maximum Gasteiger partial charge on any atom is 0.573 e. The Hall–Kier alpha value is -8.55. The normalized spacial score (nSPS) is 12.2. The van der Waals surface area contributed by atoms with Crippen molar-refractivity contribution >= 4 is 23.3 Å². The monoisotopic (exact) mass is 1010 g/mol. The molecule has 3 N–H and O–H groups in total. The van der Waals surface area contributed by atoms with Crippen molar-refractivity contribution in [3.8, 4) is 28.7 Å². The standard InChI is InChI=1S/C30H23F6NO5.C22H18F3NO4/c31-29(32,33)41-25-10-4-6-20(16-25)18-37(19-21-7-5-11-26(17-21)42-30(34,35)36)23-12-14-24(15-13-23)40-27(28(38)39)22-8-2-1-3-9-22;23-22(24,25)30-19-8-4-5-15(13-19)14-26-17-9-11-18(12-10-17)29-20(21(27)28)16-6-2-1-3-7-16/h1-17,27H,18-19H2,(H,38,39);1-13,20,26H,14H2,(H,27,28)/t27-;20-/m00/s1. The van der Waals surface area contributed by atoms with E-state index in [-0.39, 0.29) is 31.1 Å². The number of alkyl halides is 9. The smallest absolute Gasteiger partial charge is 0.478 e. The average molecular weight is 1010 g/mol. The molecule has 0 saturated heterocycles. The minimum absolute atomic E-state index is 0.0430. The van der Waals surface area contributed by atoms with Crippen LogP contribution in [0.1, 0.15) is 40.0 Å². The molecule has 20 heteroatoms. The number of rotatable bonds is 19. The molecule has 0 aliphatic heterocycles. The molecule has 72 heavy (non-hydrogen) atoms. The third-order valence-electron chi connectivity index (χ3n) is 9.86. The highest BCUT2D eigenvalue weighted by molar-refractivity contribution is 5.75. The van der Waals surface area contributed by atoms with Gasteiger partial charge in [0.25, 0.3) is 0 Å². The largest absolute Gasteiger partial charge is 0.573 e. The molecule has 0 fully saturated rings. The number of anilines is 2. The lowest BCUT2D eigenvalue weighted by Crippen LogP contribution is -2.23. The summed E-state index contributed by atoms with van der Waals surface area (Å²) in [7, 11) is 0. The number of carbonyl (C=O) groups is 2. The molecule has 0 aromatic heterocycles. The molecule has 11 nitrogen and oxygen atoms in total. The van der Waals surface area contributed by atoms with E-state index in [1.54, 1.807) is 120 Å². The molecule has 0 amide bonds. The average Bonchev–Trinajstić information content (AvgIpc) is 3.31. The molecule has 7 aromatic rings. The van der Waals surface area contributed by atoms with Gasteiger partial charge in [0.2, 0.25) is 12.2 Å². The van der Waals surface area contributed by atoms with Crippen molar-refractivity contribution < 1.29 is 83.0 Å². The third-order valence-corrected chi connectivity index (χ3v) is 9.86. The van der Waals surface area contributed by atoms with Crippen molar-refractivity contribution in [2.75, 3.05) is 10.2 Å². The van der Waals surface area contributed by atoms with Crippen LogP contribution in [0.3, 0.4) is 0 Å². The highest BCUT2D eigenvalue weighted by Crippen LogP contribution is 2.31. The summed E-state index contributed by atoms with van der Waals surface area (Å²) < 4.78 is 137. The molecule has 0 unspecified atom stereocenters. The van der Waals surface area contributed by atoms with Crippen molar-refractivity contribution in [3.05, 3.63) is 210 Å². The lowest BCUT2D eigenvalue weighted by molar-refractivity contribution is -0.275. The summed E-state index contributed by atoms with van der Waals surface area (Å²) >= 11 is 0. The van der Waals surface area contributed by atoms with Gasteiger partial charge in [-0.3, -0.25) is 0 Å². The maximum atomic E-state index is 12.8. The van der Waals surface area contributed by atoms with E-state index in [4.69, 9.17) is 9.47 Å². The molecule has 2 atom stereocenters. The van der Waals surface area contributed by atoms with Crippen molar-refractivity contribution in [2.24, 2.45) is 0 Å². The van der Waals surface area contributed by atoms with Gasteiger partial charge in [0.15, 0.2) is 0 Å². The summed E-state index contributed by atoms with van der Waals surface area (Å²) in [5.41, 5.74) is 3.62. The molecule has 0 aliphatic carbocycles. The first-order valence-electron chi connectivity index (χ1n) is 21.3. The third kappa shape index (κ3) is 17.4. The molecule has 0 bridgehead atoms. The van der Waals surface area contributed by atoms with Crippen molar-refractivity contribution in [1.29, 1.82) is 0 Å². The number of nitrogens with one attached hydrogen (secondary N) is 1.